The van der Waals surface area contributed by atoms with Crippen molar-refractivity contribution in [2.45, 2.75) is 69.1 Å². The molecule has 2 fully saturated rings. The Morgan fingerprint density at radius 3 is 2.00 bits per heavy atom. The van der Waals surface area contributed by atoms with Gasteiger partial charge in [0.25, 0.3) is 0 Å². The van der Waals surface area contributed by atoms with Gasteiger partial charge < -0.3 is 29.7 Å². The van der Waals surface area contributed by atoms with E-state index in [1.807, 2.05) is 48.5 Å². The number of ether oxygens (including phenoxy) is 2. The first kappa shape index (κ1) is 29.3. The molecule has 2 bridgehead atoms. The molecule has 0 saturated carbocycles. The van der Waals surface area contributed by atoms with Gasteiger partial charge in [-0.25, -0.2) is 9.59 Å². The van der Waals surface area contributed by atoms with E-state index >= 15 is 0 Å². The number of aliphatic hydroxyl groups excluding tert-OH is 2. The van der Waals surface area contributed by atoms with E-state index in [4.69, 9.17) is 14.6 Å². The lowest BCUT2D eigenvalue weighted by atomic mass is 10.0. The fourth-order valence-corrected chi connectivity index (χ4v) is 5.23. The van der Waals surface area contributed by atoms with Crippen molar-refractivity contribution in [3.8, 4) is 5.75 Å². The van der Waals surface area contributed by atoms with Crippen LogP contribution in [0.1, 0.15) is 48.5 Å². The second kappa shape index (κ2) is 14.1. The lowest BCUT2D eigenvalue weighted by molar-refractivity contribution is -0.162. The zero-order valence-corrected chi connectivity index (χ0v) is 22.6. The Hall–Kier alpha value is -3.72. The number of carboxylic acid groups (broad SMARTS) is 1. The first-order valence-corrected chi connectivity index (χ1v) is 13.6. The molecule has 40 heavy (non-hydrogen) atoms. The molecular weight excluding hydrogens is 510 g/mol. The third kappa shape index (κ3) is 8.14. The van der Waals surface area contributed by atoms with Gasteiger partial charge in [-0.05, 0) is 61.6 Å². The summed E-state index contributed by atoms with van der Waals surface area (Å²) in [6.45, 7) is 0.484. The van der Waals surface area contributed by atoms with Crippen LogP contribution < -0.4 is 4.74 Å². The smallest absolute Gasteiger partial charge is 0.339 e. The fraction of sp³-hybridized carbons (Fsp3) is 0.375. The van der Waals surface area contributed by atoms with Gasteiger partial charge in [0.2, 0.25) is 0 Å². The van der Waals surface area contributed by atoms with E-state index in [-0.39, 0.29) is 12.5 Å². The molecule has 0 radical (unpaired) electrons. The number of hydrogen-bond donors (Lipinski definition) is 3. The number of fused-ring (bicyclic) bond motifs is 2. The van der Waals surface area contributed by atoms with Crippen LogP contribution in [0.3, 0.4) is 0 Å². The first-order valence-electron chi connectivity index (χ1n) is 13.6. The van der Waals surface area contributed by atoms with E-state index in [0.717, 1.165) is 24.0 Å². The zero-order chi connectivity index (χ0) is 28.5. The molecule has 2 aliphatic heterocycles. The molecule has 3 aromatic rings. The number of aliphatic carboxylic acids is 1. The van der Waals surface area contributed by atoms with Crippen molar-refractivity contribution in [1.82, 2.24) is 4.90 Å². The molecule has 0 spiro atoms. The van der Waals surface area contributed by atoms with E-state index in [2.05, 4.69) is 11.9 Å². The van der Waals surface area contributed by atoms with Crippen LogP contribution in [0, 0.1) is 0 Å². The molecule has 0 aromatic heterocycles. The summed E-state index contributed by atoms with van der Waals surface area (Å²) in [6.07, 6.45) is 1.66. The SMILES string of the molecule is CN1[C@@H]2CC[C@H]1CC(OC(=O)C(O)c1ccccc1)C2.O=C(O)C(O)Cc1ccc(OCc2ccccc2)cc1. The largest absolute Gasteiger partial charge is 0.489 e. The minimum Gasteiger partial charge on any atom is -0.489 e. The number of carbonyl (C=O) groups is 2. The molecule has 8 nitrogen and oxygen atoms in total. The Morgan fingerprint density at radius 2 is 1.43 bits per heavy atom. The topological polar surface area (TPSA) is 117 Å². The minimum atomic E-state index is -1.37. The number of carboxylic acids is 1. The molecule has 0 amide bonds. The standard InChI is InChI=1S/C16H21NO3.C16H16O4/c1-17-12-7-8-13(17)10-14(9-12)20-16(19)15(18)11-5-3-2-4-6-11;17-15(16(18)19)10-12-6-8-14(9-7-12)20-11-13-4-2-1-3-5-13/h2-6,12-15,18H,7-10H2,1H3;1-9,15,17H,10-11H2,(H,18,19)/t12-,13+,14?,15?;. The van der Waals surface area contributed by atoms with Gasteiger partial charge in [-0.15, -0.1) is 0 Å². The van der Waals surface area contributed by atoms with E-state index < -0.39 is 24.1 Å². The van der Waals surface area contributed by atoms with Crippen molar-refractivity contribution >= 4 is 11.9 Å². The summed E-state index contributed by atoms with van der Waals surface area (Å²) < 4.78 is 11.1. The highest BCUT2D eigenvalue weighted by molar-refractivity contribution is 5.76. The van der Waals surface area contributed by atoms with Crippen LogP contribution >= 0.6 is 0 Å². The van der Waals surface area contributed by atoms with Gasteiger partial charge in [-0.2, -0.15) is 0 Å². The van der Waals surface area contributed by atoms with Crippen LogP contribution in [-0.2, 0) is 27.4 Å². The third-order valence-corrected chi connectivity index (χ3v) is 7.56. The normalized spacial score (nSPS) is 21.4. The second-order valence-corrected chi connectivity index (χ2v) is 10.4. The molecule has 8 heteroatoms. The highest BCUT2D eigenvalue weighted by atomic mass is 16.6. The number of benzene rings is 3. The number of nitrogens with zero attached hydrogens (tertiary/aromatic N) is 1. The summed E-state index contributed by atoms with van der Waals surface area (Å²) in [5.74, 6) is -1.03. The molecule has 3 aromatic carbocycles. The quantitative estimate of drug-likeness (QED) is 0.342. The number of aliphatic hydroxyl groups is 2. The summed E-state index contributed by atoms with van der Waals surface area (Å²) in [7, 11) is 2.15. The van der Waals surface area contributed by atoms with E-state index in [1.165, 1.54) is 12.8 Å². The van der Waals surface area contributed by atoms with Crippen LogP contribution in [0.2, 0.25) is 0 Å². The number of carbonyl (C=O) groups excluding carboxylic acids is 1. The summed E-state index contributed by atoms with van der Waals surface area (Å²) in [5, 5.41) is 27.9. The molecule has 3 unspecified atom stereocenters. The summed E-state index contributed by atoms with van der Waals surface area (Å²) >= 11 is 0. The summed E-state index contributed by atoms with van der Waals surface area (Å²) in [5.41, 5.74) is 2.43. The van der Waals surface area contributed by atoms with Crippen molar-refractivity contribution in [1.29, 1.82) is 0 Å². The lowest BCUT2D eigenvalue weighted by Gasteiger charge is -2.36. The average molecular weight is 548 g/mol. The molecule has 2 heterocycles. The Labute approximate surface area is 234 Å². The Kier molecular flexibility index (Phi) is 10.3. The molecule has 5 atom stereocenters. The molecule has 2 aliphatic rings. The average Bonchev–Trinajstić information content (AvgIpc) is 3.17. The van der Waals surface area contributed by atoms with E-state index in [9.17, 15) is 19.8 Å². The fourth-order valence-electron chi connectivity index (χ4n) is 5.23. The third-order valence-electron chi connectivity index (χ3n) is 7.56. The number of rotatable bonds is 9. The van der Waals surface area contributed by atoms with Crippen molar-refractivity contribution < 1.29 is 34.4 Å². The maximum atomic E-state index is 12.0. The monoisotopic (exact) mass is 547 g/mol. The van der Waals surface area contributed by atoms with Gasteiger partial charge in [-0.3, -0.25) is 0 Å². The number of piperidine rings is 1. The zero-order valence-electron chi connectivity index (χ0n) is 22.6. The van der Waals surface area contributed by atoms with Crippen molar-refractivity contribution in [2.75, 3.05) is 7.05 Å². The Balaban J connectivity index is 0.000000185. The van der Waals surface area contributed by atoms with Crippen LogP contribution in [0.25, 0.3) is 0 Å². The summed E-state index contributed by atoms with van der Waals surface area (Å²) in [6, 6.07) is 26.9. The van der Waals surface area contributed by atoms with E-state index in [0.29, 0.717) is 30.0 Å². The number of esters is 1. The molecule has 2 saturated heterocycles. The lowest BCUT2D eigenvalue weighted by Crippen LogP contribution is -2.43. The molecular formula is C32H37NO7. The van der Waals surface area contributed by atoms with Crippen molar-refractivity contribution in [2.24, 2.45) is 0 Å². The predicted octanol–water partition coefficient (Wildman–Crippen LogP) is 4.14. The van der Waals surface area contributed by atoms with Gasteiger partial charge in [-0.1, -0.05) is 72.8 Å². The van der Waals surface area contributed by atoms with Gasteiger partial charge in [0.1, 0.15) is 18.5 Å². The molecule has 5 rings (SSSR count). The van der Waals surface area contributed by atoms with Gasteiger partial charge in [0.15, 0.2) is 12.2 Å². The number of hydrogen-bond acceptors (Lipinski definition) is 7. The first-order chi connectivity index (χ1) is 19.3. The highest BCUT2D eigenvalue weighted by Gasteiger charge is 2.40. The van der Waals surface area contributed by atoms with Crippen LogP contribution in [-0.4, -0.2) is 63.5 Å². The summed E-state index contributed by atoms with van der Waals surface area (Å²) in [4.78, 5) is 25.0. The van der Waals surface area contributed by atoms with Crippen molar-refractivity contribution in [3.63, 3.8) is 0 Å². The maximum absolute atomic E-state index is 12.0. The van der Waals surface area contributed by atoms with Gasteiger partial charge in [0.05, 0.1) is 0 Å². The highest BCUT2D eigenvalue weighted by Crippen LogP contribution is 2.36. The second-order valence-electron chi connectivity index (χ2n) is 10.4. The Morgan fingerprint density at radius 1 is 0.850 bits per heavy atom. The van der Waals surface area contributed by atoms with Gasteiger partial charge in [0, 0.05) is 18.5 Å². The van der Waals surface area contributed by atoms with Crippen molar-refractivity contribution in [3.05, 3.63) is 102 Å². The maximum Gasteiger partial charge on any atom is 0.339 e. The predicted molar refractivity (Wildman–Crippen MR) is 150 cm³/mol. The van der Waals surface area contributed by atoms with Gasteiger partial charge >= 0.3 is 11.9 Å². The molecule has 0 aliphatic carbocycles. The van der Waals surface area contributed by atoms with Crippen LogP contribution in [0.4, 0.5) is 0 Å². The molecule has 3 N–H and O–H groups in total. The van der Waals surface area contributed by atoms with Crippen LogP contribution in [0.5, 0.6) is 5.75 Å². The molecule has 212 valence electrons. The van der Waals surface area contributed by atoms with Crippen LogP contribution in [0.15, 0.2) is 84.9 Å². The Bertz CT molecular complexity index is 1210. The van der Waals surface area contributed by atoms with E-state index in [1.54, 1.807) is 36.4 Å². The minimum absolute atomic E-state index is 0.0467.